The van der Waals surface area contributed by atoms with E-state index >= 15 is 0 Å². The first-order valence-corrected chi connectivity index (χ1v) is 6.98. The molecular weight excluding hydrogens is 218 g/mol. The Morgan fingerprint density at radius 3 is 2.62 bits per heavy atom. The van der Waals surface area contributed by atoms with E-state index in [0.29, 0.717) is 22.8 Å². The van der Waals surface area contributed by atoms with Gasteiger partial charge in [-0.1, -0.05) is 32.9 Å². The van der Waals surface area contributed by atoms with Crippen LogP contribution in [0.3, 0.4) is 0 Å². The predicted octanol–water partition coefficient (Wildman–Crippen LogP) is 3.59. The van der Waals surface area contributed by atoms with Crippen molar-refractivity contribution >= 4 is 11.6 Å². The molecule has 2 aliphatic rings. The second kappa shape index (κ2) is 4.34. The normalized spacial score (nSPS) is 41.0. The van der Waals surface area contributed by atoms with Crippen LogP contribution in [0.2, 0.25) is 0 Å². The molecule has 0 spiro atoms. The molecule has 0 aromatic carbocycles. The Kier molecular flexibility index (Phi) is 3.38. The Hall–Kier alpha value is -0.0100. The van der Waals surface area contributed by atoms with Gasteiger partial charge in [-0.25, -0.2) is 0 Å². The van der Waals surface area contributed by atoms with Crippen molar-refractivity contribution in [1.29, 1.82) is 0 Å². The van der Waals surface area contributed by atoms with Gasteiger partial charge >= 0.3 is 0 Å². The molecule has 0 radical (unpaired) electrons. The zero-order valence-electron chi connectivity index (χ0n) is 10.7. The summed E-state index contributed by atoms with van der Waals surface area (Å²) in [5.74, 6) is 1.54. The lowest BCUT2D eigenvalue weighted by molar-refractivity contribution is 0.112. The van der Waals surface area contributed by atoms with Gasteiger partial charge in [0, 0.05) is 18.5 Å². The van der Waals surface area contributed by atoms with Gasteiger partial charge in [0.05, 0.1) is 0 Å². The zero-order valence-corrected chi connectivity index (χ0v) is 11.5. The molecule has 1 N–H and O–H groups in total. The molecule has 2 fully saturated rings. The molecular formula is C14H24ClN. The molecule has 0 aliphatic heterocycles. The predicted molar refractivity (Wildman–Crippen MR) is 70.9 cm³/mol. The maximum Gasteiger partial charge on any atom is 0.0404 e. The minimum absolute atomic E-state index is 0.460. The highest BCUT2D eigenvalue weighted by atomic mass is 35.5. The lowest BCUT2D eigenvalue weighted by atomic mass is 9.68. The molecule has 3 unspecified atom stereocenters. The van der Waals surface area contributed by atoms with E-state index in [1.807, 2.05) is 6.08 Å². The minimum Gasteiger partial charge on any atom is -0.309 e. The fourth-order valence-corrected chi connectivity index (χ4v) is 4.27. The molecule has 2 aliphatic carbocycles. The number of alkyl halides is 1. The molecule has 2 bridgehead atoms. The number of fused-ring (bicyclic) bond motifs is 2. The van der Waals surface area contributed by atoms with E-state index in [1.165, 1.54) is 19.3 Å². The van der Waals surface area contributed by atoms with Crippen LogP contribution >= 0.6 is 11.6 Å². The third kappa shape index (κ3) is 1.93. The molecule has 0 aromatic rings. The second-order valence-corrected chi connectivity index (χ2v) is 6.69. The summed E-state index contributed by atoms with van der Waals surface area (Å²) >= 11 is 5.63. The Morgan fingerprint density at radius 2 is 2.06 bits per heavy atom. The Morgan fingerprint density at radius 1 is 1.31 bits per heavy atom. The third-order valence-electron chi connectivity index (χ3n) is 4.97. The van der Waals surface area contributed by atoms with Crippen LogP contribution in [0.1, 0.15) is 40.0 Å². The average molecular weight is 242 g/mol. The number of hydrogen-bond acceptors (Lipinski definition) is 1. The smallest absolute Gasteiger partial charge is 0.0404 e. The first kappa shape index (κ1) is 12.4. The van der Waals surface area contributed by atoms with E-state index in [9.17, 15) is 0 Å². The molecule has 16 heavy (non-hydrogen) atoms. The fourth-order valence-electron chi connectivity index (χ4n) is 4.14. The van der Waals surface area contributed by atoms with Gasteiger partial charge in [-0.2, -0.15) is 0 Å². The van der Waals surface area contributed by atoms with Gasteiger partial charge in [0.1, 0.15) is 0 Å². The highest BCUT2D eigenvalue weighted by Gasteiger charge is 2.58. The van der Waals surface area contributed by atoms with Gasteiger partial charge in [0.2, 0.25) is 0 Å². The number of nitrogens with one attached hydrogen (secondary N) is 1. The van der Waals surface area contributed by atoms with Crippen LogP contribution in [0.15, 0.2) is 12.2 Å². The molecule has 0 amide bonds. The van der Waals surface area contributed by atoms with E-state index in [1.54, 1.807) is 0 Å². The SMILES string of the molecule is CC12CCC(C1)C(C)(C)C2NC/C=C/CCl. The summed E-state index contributed by atoms with van der Waals surface area (Å²) in [6.45, 7) is 8.30. The minimum atomic E-state index is 0.460. The first-order valence-electron chi connectivity index (χ1n) is 6.45. The van der Waals surface area contributed by atoms with Crippen molar-refractivity contribution in [3.8, 4) is 0 Å². The van der Waals surface area contributed by atoms with Crippen LogP contribution in [0, 0.1) is 16.7 Å². The third-order valence-corrected chi connectivity index (χ3v) is 5.14. The van der Waals surface area contributed by atoms with Crippen molar-refractivity contribution in [3.63, 3.8) is 0 Å². The molecule has 0 saturated heterocycles. The molecule has 2 saturated carbocycles. The summed E-state index contributed by atoms with van der Waals surface area (Å²) in [6.07, 6.45) is 8.42. The summed E-state index contributed by atoms with van der Waals surface area (Å²) < 4.78 is 0. The average Bonchev–Trinajstić information content (AvgIpc) is 2.68. The van der Waals surface area contributed by atoms with E-state index in [2.05, 4.69) is 32.2 Å². The zero-order chi connectivity index (χ0) is 11.8. The van der Waals surface area contributed by atoms with Crippen molar-refractivity contribution in [2.45, 2.75) is 46.1 Å². The van der Waals surface area contributed by atoms with Crippen molar-refractivity contribution in [3.05, 3.63) is 12.2 Å². The van der Waals surface area contributed by atoms with E-state index in [-0.39, 0.29) is 0 Å². The second-order valence-electron chi connectivity index (χ2n) is 6.38. The van der Waals surface area contributed by atoms with Gasteiger partial charge in [-0.3, -0.25) is 0 Å². The van der Waals surface area contributed by atoms with Gasteiger partial charge in [-0.05, 0) is 36.0 Å². The molecule has 92 valence electrons. The Labute approximate surface area is 105 Å². The standard InChI is InChI=1S/C14H24ClN/c1-13(2)11-6-7-14(3,10-11)12(13)16-9-5-4-8-15/h4-5,11-12,16H,6-10H2,1-3H3/b5-4+. The van der Waals surface area contributed by atoms with Crippen molar-refractivity contribution in [2.75, 3.05) is 12.4 Å². The summed E-state index contributed by atoms with van der Waals surface area (Å²) in [5, 5.41) is 3.73. The number of rotatable bonds is 4. The van der Waals surface area contributed by atoms with Crippen LogP contribution < -0.4 is 5.32 Å². The van der Waals surface area contributed by atoms with Crippen LogP contribution in [0.4, 0.5) is 0 Å². The summed E-state index contributed by atoms with van der Waals surface area (Å²) in [7, 11) is 0. The van der Waals surface area contributed by atoms with E-state index < -0.39 is 0 Å². The van der Waals surface area contributed by atoms with Crippen molar-refractivity contribution in [2.24, 2.45) is 16.7 Å². The molecule has 1 nitrogen and oxygen atoms in total. The molecule has 2 heteroatoms. The van der Waals surface area contributed by atoms with Crippen LogP contribution in [0.25, 0.3) is 0 Å². The van der Waals surface area contributed by atoms with E-state index in [0.717, 1.165) is 12.5 Å². The molecule has 0 aromatic heterocycles. The number of hydrogen-bond donors (Lipinski definition) is 1. The summed E-state index contributed by atoms with van der Waals surface area (Å²) in [5.41, 5.74) is 0.991. The quantitative estimate of drug-likeness (QED) is 0.586. The number of allylic oxidation sites excluding steroid dienone is 1. The Bertz CT molecular complexity index is 280. The molecule has 3 atom stereocenters. The van der Waals surface area contributed by atoms with Gasteiger partial charge < -0.3 is 5.32 Å². The number of halogens is 1. The monoisotopic (exact) mass is 241 g/mol. The maximum atomic E-state index is 5.63. The van der Waals surface area contributed by atoms with Crippen LogP contribution in [-0.4, -0.2) is 18.5 Å². The van der Waals surface area contributed by atoms with E-state index in [4.69, 9.17) is 11.6 Å². The molecule has 0 heterocycles. The topological polar surface area (TPSA) is 12.0 Å². The fraction of sp³-hybridized carbons (Fsp3) is 0.857. The lowest BCUT2D eigenvalue weighted by Gasteiger charge is -2.43. The van der Waals surface area contributed by atoms with Gasteiger partial charge in [0.25, 0.3) is 0 Å². The Balaban J connectivity index is 2.00. The van der Waals surface area contributed by atoms with Crippen LogP contribution in [0.5, 0.6) is 0 Å². The summed E-state index contributed by atoms with van der Waals surface area (Å²) in [4.78, 5) is 0. The van der Waals surface area contributed by atoms with Gasteiger partial charge in [-0.15, -0.1) is 11.6 Å². The molecule has 2 rings (SSSR count). The highest BCUT2D eigenvalue weighted by Crippen LogP contribution is 2.62. The van der Waals surface area contributed by atoms with Crippen LogP contribution in [-0.2, 0) is 0 Å². The van der Waals surface area contributed by atoms with Crippen molar-refractivity contribution < 1.29 is 0 Å². The summed E-state index contributed by atoms with van der Waals surface area (Å²) in [6, 6.07) is 0.665. The van der Waals surface area contributed by atoms with Gasteiger partial charge in [0.15, 0.2) is 0 Å². The highest BCUT2D eigenvalue weighted by molar-refractivity contribution is 6.18. The van der Waals surface area contributed by atoms with Crippen molar-refractivity contribution in [1.82, 2.24) is 5.32 Å². The largest absolute Gasteiger partial charge is 0.309 e. The lowest BCUT2D eigenvalue weighted by Crippen LogP contribution is -2.50. The maximum absolute atomic E-state index is 5.63. The first-order chi connectivity index (χ1) is 7.50.